The molecule has 2 atom stereocenters. The van der Waals surface area contributed by atoms with Gasteiger partial charge in [0.1, 0.15) is 23.4 Å². The molecule has 1 rings (SSSR count). The van der Waals surface area contributed by atoms with Crippen molar-refractivity contribution >= 4 is 0 Å². The van der Waals surface area contributed by atoms with Crippen LogP contribution in [0, 0.1) is 0 Å². The number of ether oxygens (including phenoxy) is 4. The van der Waals surface area contributed by atoms with E-state index in [0.717, 1.165) is 12.0 Å². The normalized spacial score (nSPS) is 20.1. The highest BCUT2D eigenvalue weighted by Crippen LogP contribution is 2.25. The lowest BCUT2D eigenvalue weighted by molar-refractivity contribution is 0.107. The molecule has 0 fully saturated rings. The molecule has 0 heterocycles. The van der Waals surface area contributed by atoms with Crippen LogP contribution in [0.4, 0.5) is 0 Å². The first-order valence-corrected chi connectivity index (χ1v) is 6.67. The molecule has 0 spiro atoms. The van der Waals surface area contributed by atoms with Gasteiger partial charge in [0.25, 0.3) is 0 Å². The van der Waals surface area contributed by atoms with Crippen LogP contribution in [-0.2, 0) is 18.9 Å². The molecule has 0 N–H and O–H groups in total. The van der Waals surface area contributed by atoms with Crippen molar-refractivity contribution in [3.63, 3.8) is 0 Å². The third kappa shape index (κ3) is 4.17. The monoisotopic (exact) mass is 280 g/mol. The first-order chi connectivity index (χ1) is 9.55. The van der Waals surface area contributed by atoms with Gasteiger partial charge in [0.2, 0.25) is 0 Å². The Morgan fingerprint density at radius 3 is 2.45 bits per heavy atom. The van der Waals surface area contributed by atoms with Crippen LogP contribution < -0.4 is 0 Å². The molecule has 0 radical (unpaired) electrons. The Morgan fingerprint density at radius 2 is 1.95 bits per heavy atom. The molecular weight excluding hydrogens is 256 g/mol. The average molecular weight is 280 g/mol. The second-order valence-electron chi connectivity index (χ2n) is 4.54. The van der Waals surface area contributed by atoms with Crippen molar-refractivity contribution in [2.45, 2.75) is 32.5 Å². The smallest absolute Gasteiger partial charge is 0.136 e. The van der Waals surface area contributed by atoms with Crippen molar-refractivity contribution in [1.29, 1.82) is 0 Å². The molecule has 0 aromatic rings. The van der Waals surface area contributed by atoms with E-state index in [9.17, 15) is 0 Å². The summed E-state index contributed by atoms with van der Waals surface area (Å²) in [6.45, 7) is 8.06. The molecule has 4 heteroatoms. The van der Waals surface area contributed by atoms with E-state index < -0.39 is 0 Å². The first kappa shape index (κ1) is 16.4. The quantitative estimate of drug-likeness (QED) is 0.670. The van der Waals surface area contributed by atoms with E-state index in [4.69, 9.17) is 18.9 Å². The highest BCUT2D eigenvalue weighted by molar-refractivity contribution is 5.44. The number of rotatable bonds is 7. The van der Waals surface area contributed by atoms with E-state index in [-0.39, 0.29) is 12.2 Å². The second kappa shape index (κ2) is 7.80. The molecular formula is C16H24O4. The Balaban J connectivity index is 3.06. The van der Waals surface area contributed by atoms with E-state index in [1.807, 2.05) is 25.2 Å². The van der Waals surface area contributed by atoms with E-state index in [1.54, 1.807) is 21.3 Å². The summed E-state index contributed by atoms with van der Waals surface area (Å²) in [4.78, 5) is 0. The van der Waals surface area contributed by atoms with Crippen LogP contribution in [0.5, 0.6) is 0 Å². The van der Waals surface area contributed by atoms with E-state index in [0.29, 0.717) is 17.3 Å². The van der Waals surface area contributed by atoms with Gasteiger partial charge in [-0.1, -0.05) is 13.5 Å². The minimum atomic E-state index is -0.292. The van der Waals surface area contributed by atoms with Crippen molar-refractivity contribution in [3.8, 4) is 0 Å². The number of hydrogen-bond donors (Lipinski definition) is 0. The minimum absolute atomic E-state index is 0.110. The molecule has 112 valence electrons. The highest BCUT2D eigenvalue weighted by Gasteiger charge is 2.19. The topological polar surface area (TPSA) is 36.9 Å². The molecule has 4 nitrogen and oxygen atoms in total. The fraction of sp³-hybridized carbons (Fsp3) is 0.500. The van der Waals surface area contributed by atoms with Crippen LogP contribution in [0.3, 0.4) is 0 Å². The van der Waals surface area contributed by atoms with Gasteiger partial charge >= 0.3 is 0 Å². The van der Waals surface area contributed by atoms with Crippen LogP contribution in [0.25, 0.3) is 0 Å². The van der Waals surface area contributed by atoms with Crippen molar-refractivity contribution < 1.29 is 18.9 Å². The Bertz CT molecular complexity index is 432. The van der Waals surface area contributed by atoms with E-state index in [1.165, 1.54) is 0 Å². The Kier molecular flexibility index (Phi) is 6.39. The fourth-order valence-electron chi connectivity index (χ4n) is 1.75. The van der Waals surface area contributed by atoms with Crippen LogP contribution in [0.15, 0.2) is 47.7 Å². The van der Waals surface area contributed by atoms with Crippen molar-refractivity contribution in [1.82, 2.24) is 0 Å². The summed E-state index contributed by atoms with van der Waals surface area (Å²) in [6.07, 6.45) is 6.31. The van der Waals surface area contributed by atoms with Gasteiger partial charge in [-0.2, -0.15) is 0 Å². The predicted molar refractivity (Wildman–Crippen MR) is 79.0 cm³/mol. The molecule has 0 aromatic carbocycles. The zero-order chi connectivity index (χ0) is 15.1. The van der Waals surface area contributed by atoms with E-state index >= 15 is 0 Å². The summed E-state index contributed by atoms with van der Waals surface area (Å²) < 4.78 is 21.9. The lowest BCUT2D eigenvalue weighted by Crippen LogP contribution is -2.13. The van der Waals surface area contributed by atoms with Crippen molar-refractivity contribution in [2.75, 3.05) is 21.3 Å². The van der Waals surface area contributed by atoms with E-state index in [2.05, 4.69) is 13.5 Å². The molecule has 0 saturated carbocycles. The zero-order valence-corrected chi connectivity index (χ0v) is 12.9. The van der Waals surface area contributed by atoms with Gasteiger partial charge < -0.3 is 18.9 Å². The van der Waals surface area contributed by atoms with Crippen LogP contribution in [-0.4, -0.2) is 33.5 Å². The highest BCUT2D eigenvalue weighted by atomic mass is 16.5. The maximum atomic E-state index is 5.76. The predicted octanol–water partition coefficient (Wildman–Crippen LogP) is 3.33. The lowest BCUT2D eigenvalue weighted by atomic mass is 10.2. The lowest BCUT2D eigenvalue weighted by Gasteiger charge is -2.16. The summed E-state index contributed by atoms with van der Waals surface area (Å²) >= 11 is 0. The van der Waals surface area contributed by atoms with Crippen LogP contribution >= 0.6 is 0 Å². The molecule has 0 bridgehead atoms. The third-order valence-electron chi connectivity index (χ3n) is 3.16. The molecule has 0 saturated heterocycles. The molecule has 1 aliphatic carbocycles. The second-order valence-corrected chi connectivity index (χ2v) is 4.54. The van der Waals surface area contributed by atoms with Crippen LogP contribution in [0.1, 0.15) is 20.3 Å². The van der Waals surface area contributed by atoms with Crippen molar-refractivity contribution in [2.24, 2.45) is 0 Å². The summed E-state index contributed by atoms with van der Waals surface area (Å²) in [7, 11) is 4.85. The van der Waals surface area contributed by atoms with Crippen molar-refractivity contribution in [3.05, 3.63) is 47.7 Å². The molecule has 0 amide bonds. The van der Waals surface area contributed by atoms with Gasteiger partial charge in [-0.15, -0.1) is 0 Å². The fourth-order valence-corrected chi connectivity index (χ4v) is 1.75. The third-order valence-corrected chi connectivity index (χ3v) is 3.16. The Hall–Kier alpha value is -1.68. The van der Waals surface area contributed by atoms with Gasteiger partial charge in [-0.3, -0.25) is 0 Å². The molecule has 1 aliphatic rings. The average Bonchev–Trinajstić information content (AvgIpc) is 2.65. The Labute approximate surface area is 121 Å². The van der Waals surface area contributed by atoms with Gasteiger partial charge in [0.15, 0.2) is 0 Å². The number of allylic oxidation sites excluding steroid dienone is 2. The first-order valence-electron chi connectivity index (χ1n) is 6.67. The number of methoxy groups -OCH3 is 3. The van der Waals surface area contributed by atoms with Gasteiger partial charge in [0.05, 0.1) is 20.3 Å². The summed E-state index contributed by atoms with van der Waals surface area (Å²) in [5.41, 5.74) is 0.815. The summed E-state index contributed by atoms with van der Waals surface area (Å²) in [5.74, 6) is 1.96. The maximum Gasteiger partial charge on any atom is 0.136 e. The van der Waals surface area contributed by atoms with Crippen LogP contribution in [0.2, 0.25) is 0 Å². The number of hydrogen-bond acceptors (Lipinski definition) is 4. The molecule has 2 unspecified atom stereocenters. The molecule has 0 aliphatic heterocycles. The standard InChI is InChI=1S/C16H24O4/c1-7-11(2)20-12(3)13-8-14(17-4)10-16(19-6)15(9-13)18-5/h8-11,16H,3,7H2,1-2,4-6H3. The molecule has 0 aromatic heterocycles. The summed E-state index contributed by atoms with van der Waals surface area (Å²) in [6, 6.07) is 0. The summed E-state index contributed by atoms with van der Waals surface area (Å²) in [5, 5.41) is 0. The molecule has 20 heavy (non-hydrogen) atoms. The SMILES string of the molecule is C=C(OC(C)CC)C1=CC(OC)=CC(OC)C(OC)=C1. The zero-order valence-electron chi connectivity index (χ0n) is 12.9. The Morgan fingerprint density at radius 1 is 1.25 bits per heavy atom. The minimum Gasteiger partial charge on any atom is -0.498 e. The maximum absolute atomic E-state index is 5.76. The van der Waals surface area contributed by atoms with Gasteiger partial charge in [-0.05, 0) is 31.6 Å². The largest absolute Gasteiger partial charge is 0.498 e. The van der Waals surface area contributed by atoms with Gasteiger partial charge in [0, 0.05) is 12.7 Å². The van der Waals surface area contributed by atoms with Gasteiger partial charge in [-0.25, -0.2) is 0 Å².